The summed E-state index contributed by atoms with van der Waals surface area (Å²) in [6.07, 6.45) is 11.8. The lowest BCUT2D eigenvalue weighted by atomic mass is 9.76. The van der Waals surface area contributed by atoms with E-state index in [0.29, 0.717) is 11.7 Å². The number of esters is 1. The van der Waals surface area contributed by atoms with Crippen LogP contribution in [0.4, 0.5) is 0 Å². The van der Waals surface area contributed by atoms with Crippen molar-refractivity contribution in [3.05, 3.63) is 46.8 Å². The molecule has 4 heterocycles. The topological polar surface area (TPSA) is 109 Å². The molecule has 5 aliphatic rings. The molecule has 192 valence electrons. The summed E-state index contributed by atoms with van der Waals surface area (Å²) in [5.74, 6) is 1.02. The quantitative estimate of drug-likeness (QED) is 0.401. The second-order valence-electron chi connectivity index (χ2n) is 10.5. The lowest BCUT2D eigenvalue weighted by Crippen LogP contribution is -2.56. The molecule has 0 saturated carbocycles. The highest BCUT2D eigenvalue weighted by Gasteiger charge is 2.51. The normalized spacial score (nSPS) is 38.3. The first-order valence-electron chi connectivity index (χ1n) is 12.9. The summed E-state index contributed by atoms with van der Waals surface area (Å²) in [6.45, 7) is 2.40. The molecule has 0 aromatic heterocycles. The van der Waals surface area contributed by atoms with Gasteiger partial charge in [-0.3, -0.25) is 4.90 Å². The van der Waals surface area contributed by atoms with Gasteiger partial charge in [0.05, 0.1) is 32.3 Å². The predicted octanol–water partition coefficient (Wildman–Crippen LogP) is 2.38. The minimum atomic E-state index is -0.662. The maximum Gasteiger partial charge on any atom is 0.345 e. The number of piperidine rings is 1. The molecule has 0 aromatic carbocycles. The summed E-state index contributed by atoms with van der Waals surface area (Å²) in [6, 6.07) is 0.152. The van der Waals surface area contributed by atoms with E-state index in [1.54, 1.807) is 0 Å². The average Bonchev–Trinajstić information content (AvgIpc) is 3.33. The number of ether oxygens (including phenoxy) is 3. The van der Waals surface area contributed by atoms with Crippen molar-refractivity contribution >= 4 is 5.97 Å². The van der Waals surface area contributed by atoms with E-state index in [1.165, 1.54) is 7.11 Å². The Morgan fingerprint density at radius 1 is 1.26 bits per heavy atom. The molecule has 4 aliphatic heterocycles. The number of hydrogen-bond acceptors (Lipinski definition) is 8. The minimum absolute atomic E-state index is 0.0496. The number of aliphatic hydroxyl groups is 3. The molecule has 0 radical (unpaired) electrons. The van der Waals surface area contributed by atoms with Crippen molar-refractivity contribution in [2.24, 2.45) is 23.7 Å². The Kier molecular flexibility index (Phi) is 7.08. The van der Waals surface area contributed by atoms with Gasteiger partial charge in [-0.15, -0.1) is 0 Å². The molecule has 5 rings (SSSR count). The van der Waals surface area contributed by atoms with Crippen LogP contribution >= 0.6 is 0 Å². The Hall–Kier alpha value is -2.13. The zero-order valence-electron chi connectivity index (χ0n) is 20.6. The average molecular weight is 488 g/mol. The van der Waals surface area contributed by atoms with Crippen LogP contribution in [0, 0.1) is 23.7 Å². The molecule has 8 nitrogen and oxygen atoms in total. The van der Waals surface area contributed by atoms with Crippen LogP contribution in [0.15, 0.2) is 46.8 Å². The number of carbonyl (C=O) groups excluding carboxylic acids is 1. The fourth-order valence-electron chi connectivity index (χ4n) is 6.84. The van der Waals surface area contributed by atoms with Gasteiger partial charge in [0, 0.05) is 30.5 Å². The molecule has 1 aliphatic carbocycles. The van der Waals surface area contributed by atoms with Crippen LogP contribution in [-0.2, 0) is 19.0 Å². The third-order valence-electron chi connectivity index (χ3n) is 8.46. The molecular weight excluding hydrogens is 450 g/mol. The first-order chi connectivity index (χ1) is 17.0. The summed E-state index contributed by atoms with van der Waals surface area (Å²) in [4.78, 5) is 14.7. The van der Waals surface area contributed by atoms with Gasteiger partial charge >= 0.3 is 5.97 Å². The Morgan fingerprint density at radius 3 is 2.80 bits per heavy atom. The van der Waals surface area contributed by atoms with Crippen molar-refractivity contribution in [1.82, 2.24) is 4.90 Å². The fourth-order valence-corrected chi connectivity index (χ4v) is 6.84. The van der Waals surface area contributed by atoms with Gasteiger partial charge in [0.25, 0.3) is 0 Å². The number of rotatable bonds is 5. The number of cyclic esters (lactones) is 1. The maximum absolute atomic E-state index is 12.3. The van der Waals surface area contributed by atoms with Crippen LogP contribution in [0.25, 0.3) is 0 Å². The molecule has 8 heteroatoms. The SMILES string of the molecule is COC1=C(CO)C(=O)O/C1=C1/OC2=CCCN3[C@H]([C@@H](O)[C@H]4C=CC[C@H](C)C4)CCC[C@H]3[C@H]2[C@@H]1CO. The highest BCUT2D eigenvalue weighted by Crippen LogP contribution is 2.49. The Balaban J connectivity index is 1.46. The Morgan fingerprint density at radius 2 is 2.09 bits per heavy atom. The molecular formula is C27H37NO7. The molecule has 2 fully saturated rings. The zero-order chi connectivity index (χ0) is 24.7. The largest absolute Gasteiger partial charge is 0.492 e. The minimum Gasteiger partial charge on any atom is -0.492 e. The summed E-state index contributed by atoms with van der Waals surface area (Å²) in [5, 5.41) is 31.6. The van der Waals surface area contributed by atoms with E-state index in [9.17, 15) is 20.1 Å². The Labute approximate surface area is 206 Å². The number of aliphatic hydroxyl groups excluding tert-OH is 3. The summed E-state index contributed by atoms with van der Waals surface area (Å²) in [5.41, 5.74) is 0.0496. The lowest BCUT2D eigenvalue weighted by molar-refractivity contribution is -0.134. The molecule has 3 N–H and O–H groups in total. The third kappa shape index (κ3) is 4.24. The first kappa shape index (κ1) is 24.6. The highest BCUT2D eigenvalue weighted by molar-refractivity contribution is 5.94. The molecule has 35 heavy (non-hydrogen) atoms. The van der Waals surface area contributed by atoms with Crippen LogP contribution in [0.5, 0.6) is 0 Å². The van der Waals surface area contributed by atoms with E-state index in [2.05, 4.69) is 30.1 Å². The number of nitrogens with zero attached hydrogens (tertiary/aromatic N) is 1. The van der Waals surface area contributed by atoms with Crippen molar-refractivity contribution in [2.75, 3.05) is 26.9 Å². The van der Waals surface area contributed by atoms with Gasteiger partial charge in [-0.25, -0.2) is 4.79 Å². The number of fused-ring (bicyclic) bond motifs is 3. The smallest absolute Gasteiger partial charge is 0.345 e. The monoisotopic (exact) mass is 487 g/mol. The first-order valence-corrected chi connectivity index (χ1v) is 12.9. The van der Waals surface area contributed by atoms with Gasteiger partial charge in [-0.1, -0.05) is 25.5 Å². The van der Waals surface area contributed by atoms with Crippen molar-refractivity contribution in [1.29, 1.82) is 0 Å². The molecule has 0 amide bonds. The van der Waals surface area contributed by atoms with Gasteiger partial charge in [0.1, 0.15) is 11.3 Å². The highest BCUT2D eigenvalue weighted by atomic mass is 16.6. The molecule has 2 saturated heterocycles. The second kappa shape index (κ2) is 10.1. The van der Waals surface area contributed by atoms with E-state index < -0.39 is 24.6 Å². The maximum atomic E-state index is 12.3. The van der Waals surface area contributed by atoms with Gasteiger partial charge in [-0.05, 0) is 44.1 Å². The number of allylic oxidation sites excluding steroid dienone is 1. The van der Waals surface area contributed by atoms with E-state index >= 15 is 0 Å². The standard InChI is InChI=1S/C27H37NO7/c1-15-6-3-7-16(12-15)23(31)20-9-4-8-19-22-17(13-29)25(34-21(22)10-5-11-28(19)20)26-24(33-2)18(14-30)27(32)35-26/h3,7,10,15-17,19-20,22-23,29-31H,4-6,8-9,11-14H2,1-2H3/b26-25+/t15-,16-,17-,19-,20-,22+,23-/m0/s1. The van der Waals surface area contributed by atoms with E-state index in [-0.39, 0.29) is 47.6 Å². The van der Waals surface area contributed by atoms with Crippen molar-refractivity contribution in [3.8, 4) is 0 Å². The van der Waals surface area contributed by atoms with Gasteiger partial charge in [0.15, 0.2) is 11.5 Å². The van der Waals surface area contributed by atoms with Crippen LogP contribution in [0.3, 0.4) is 0 Å². The second-order valence-corrected chi connectivity index (χ2v) is 10.5. The predicted molar refractivity (Wildman–Crippen MR) is 127 cm³/mol. The Bertz CT molecular complexity index is 967. The van der Waals surface area contributed by atoms with Crippen molar-refractivity contribution in [2.45, 2.75) is 63.6 Å². The molecule has 0 unspecified atom stereocenters. The van der Waals surface area contributed by atoms with Crippen molar-refractivity contribution in [3.63, 3.8) is 0 Å². The summed E-state index contributed by atoms with van der Waals surface area (Å²) in [7, 11) is 1.42. The van der Waals surface area contributed by atoms with Crippen LogP contribution in [0.2, 0.25) is 0 Å². The summed E-state index contributed by atoms with van der Waals surface area (Å²) < 4.78 is 17.1. The molecule has 0 bridgehead atoms. The zero-order valence-corrected chi connectivity index (χ0v) is 20.6. The number of hydrogen-bond donors (Lipinski definition) is 3. The van der Waals surface area contributed by atoms with Gasteiger partial charge in [0.2, 0.25) is 5.76 Å². The van der Waals surface area contributed by atoms with E-state index in [0.717, 1.165) is 50.8 Å². The molecule has 0 aromatic rings. The van der Waals surface area contributed by atoms with Crippen LogP contribution in [0.1, 0.15) is 45.4 Å². The van der Waals surface area contributed by atoms with Crippen molar-refractivity contribution < 1.29 is 34.3 Å². The number of methoxy groups -OCH3 is 1. The van der Waals surface area contributed by atoms with Crippen LogP contribution in [-0.4, -0.2) is 71.2 Å². The fraction of sp³-hybridized carbons (Fsp3) is 0.667. The lowest BCUT2D eigenvalue weighted by Gasteiger charge is -2.47. The van der Waals surface area contributed by atoms with E-state index in [4.69, 9.17) is 14.2 Å². The molecule has 7 atom stereocenters. The van der Waals surface area contributed by atoms with Gasteiger partial charge in [-0.2, -0.15) is 0 Å². The van der Waals surface area contributed by atoms with E-state index in [1.807, 2.05) is 0 Å². The van der Waals surface area contributed by atoms with Gasteiger partial charge < -0.3 is 29.5 Å². The summed E-state index contributed by atoms with van der Waals surface area (Å²) >= 11 is 0. The number of carbonyl (C=O) groups is 1. The third-order valence-corrected chi connectivity index (χ3v) is 8.46. The molecule has 0 spiro atoms. The van der Waals surface area contributed by atoms with Crippen LogP contribution < -0.4 is 0 Å².